The van der Waals surface area contributed by atoms with Crippen molar-refractivity contribution in [3.8, 4) is 0 Å². The molecule has 0 aliphatic carbocycles. The summed E-state index contributed by atoms with van der Waals surface area (Å²) in [4.78, 5) is 10.6. The molecule has 1 aromatic carbocycles. The number of hydrogen-bond donors (Lipinski definition) is 2. The molecule has 0 bridgehead atoms. The van der Waals surface area contributed by atoms with E-state index < -0.39 is 12.0 Å². The van der Waals surface area contributed by atoms with Crippen molar-refractivity contribution in [2.24, 2.45) is 5.73 Å². The SMILES string of the molecule is N[C@H](C(=O)O)c1cc(Cl)ccc1Br. The first kappa shape index (κ1) is 10.5. The molecule has 70 valence electrons. The number of carbonyl (C=O) groups is 1. The van der Waals surface area contributed by atoms with Gasteiger partial charge in [0.1, 0.15) is 6.04 Å². The second-order valence-electron chi connectivity index (χ2n) is 2.48. The number of nitrogens with two attached hydrogens (primary N) is 1. The van der Waals surface area contributed by atoms with Crippen molar-refractivity contribution >= 4 is 33.5 Å². The first-order valence-electron chi connectivity index (χ1n) is 3.45. The maximum atomic E-state index is 10.6. The molecule has 0 amide bonds. The Morgan fingerprint density at radius 3 is 2.77 bits per heavy atom. The summed E-state index contributed by atoms with van der Waals surface area (Å²) in [7, 11) is 0. The minimum absolute atomic E-state index is 0.468. The van der Waals surface area contributed by atoms with Crippen molar-refractivity contribution in [1.82, 2.24) is 0 Å². The van der Waals surface area contributed by atoms with Gasteiger partial charge < -0.3 is 10.8 Å². The highest BCUT2D eigenvalue weighted by Crippen LogP contribution is 2.25. The Bertz CT molecular complexity index is 343. The number of aliphatic carboxylic acids is 1. The van der Waals surface area contributed by atoms with Crippen LogP contribution in [-0.4, -0.2) is 11.1 Å². The highest BCUT2D eigenvalue weighted by atomic mass is 79.9. The fourth-order valence-corrected chi connectivity index (χ4v) is 1.56. The summed E-state index contributed by atoms with van der Waals surface area (Å²) in [5.41, 5.74) is 5.89. The van der Waals surface area contributed by atoms with Crippen LogP contribution in [0.3, 0.4) is 0 Å². The lowest BCUT2D eigenvalue weighted by Gasteiger charge is -2.08. The summed E-state index contributed by atoms with van der Waals surface area (Å²) in [5.74, 6) is -1.08. The standard InChI is InChI=1S/C8H7BrClNO2/c9-6-2-1-4(10)3-5(6)7(11)8(12)13/h1-3,7H,11H2,(H,12,13)/t7-/m0/s1. The van der Waals surface area contributed by atoms with E-state index >= 15 is 0 Å². The van der Waals surface area contributed by atoms with E-state index in [0.29, 0.717) is 15.1 Å². The van der Waals surface area contributed by atoms with Crippen molar-refractivity contribution in [2.45, 2.75) is 6.04 Å². The zero-order chi connectivity index (χ0) is 10.0. The molecule has 13 heavy (non-hydrogen) atoms. The average molecular weight is 265 g/mol. The Kier molecular flexibility index (Phi) is 3.30. The van der Waals surface area contributed by atoms with Crippen LogP contribution in [0.15, 0.2) is 22.7 Å². The fraction of sp³-hybridized carbons (Fsp3) is 0.125. The van der Waals surface area contributed by atoms with Crippen LogP contribution in [0, 0.1) is 0 Å². The quantitative estimate of drug-likeness (QED) is 0.860. The van der Waals surface area contributed by atoms with Gasteiger partial charge in [-0.25, -0.2) is 0 Å². The van der Waals surface area contributed by atoms with Crippen LogP contribution in [0.1, 0.15) is 11.6 Å². The summed E-state index contributed by atoms with van der Waals surface area (Å²) in [5, 5.41) is 9.13. The first-order valence-corrected chi connectivity index (χ1v) is 4.63. The Balaban J connectivity index is 3.12. The van der Waals surface area contributed by atoms with Crippen LogP contribution in [-0.2, 0) is 4.79 Å². The fourth-order valence-electron chi connectivity index (χ4n) is 0.886. The van der Waals surface area contributed by atoms with Crippen LogP contribution >= 0.6 is 27.5 Å². The molecule has 1 aromatic rings. The molecule has 3 N–H and O–H groups in total. The predicted molar refractivity (Wildman–Crippen MR) is 53.7 cm³/mol. The molecule has 1 atom stereocenters. The molecule has 0 aliphatic heterocycles. The van der Waals surface area contributed by atoms with Gasteiger partial charge in [-0.2, -0.15) is 0 Å². The zero-order valence-corrected chi connectivity index (χ0v) is 8.84. The Morgan fingerprint density at radius 1 is 1.62 bits per heavy atom. The third-order valence-corrected chi connectivity index (χ3v) is 2.52. The van der Waals surface area contributed by atoms with Gasteiger partial charge in [-0.05, 0) is 23.8 Å². The molecular formula is C8H7BrClNO2. The molecule has 3 nitrogen and oxygen atoms in total. The lowest BCUT2D eigenvalue weighted by Crippen LogP contribution is -2.20. The van der Waals surface area contributed by atoms with E-state index in [0.717, 1.165) is 0 Å². The summed E-state index contributed by atoms with van der Waals surface area (Å²) >= 11 is 8.89. The number of benzene rings is 1. The Labute approximate surface area is 88.6 Å². The lowest BCUT2D eigenvalue weighted by molar-refractivity contribution is -0.138. The van der Waals surface area contributed by atoms with Crippen molar-refractivity contribution in [2.75, 3.05) is 0 Å². The molecule has 0 aliphatic rings. The Hall–Kier alpha value is -0.580. The van der Waals surface area contributed by atoms with E-state index in [1.54, 1.807) is 12.1 Å². The molecular weight excluding hydrogens is 257 g/mol. The second-order valence-corrected chi connectivity index (χ2v) is 3.77. The van der Waals surface area contributed by atoms with E-state index in [-0.39, 0.29) is 0 Å². The van der Waals surface area contributed by atoms with Gasteiger partial charge in [0.05, 0.1) is 0 Å². The monoisotopic (exact) mass is 263 g/mol. The smallest absolute Gasteiger partial charge is 0.325 e. The van der Waals surface area contributed by atoms with E-state index in [1.165, 1.54) is 6.07 Å². The van der Waals surface area contributed by atoms with Gasteiger partial charge in [0.15, 0.2) is 0 Å². The molecule has 0 saturated carbocycles. The maximum absolute atomic E-state index is 10.6. The predicted octanol–water partition coefficient (Wildman–Crippen LogP) is 2.19. The van der Waals surface area contributed by atoms with Gasteiger partial charge in [-0.15, -0.1) is 0 Å². The summed E-state index contributed by atoms with van der Waals surface area (Å²) in [6, 6.07) is 3.81. The van der Waals surface area contributed by atoms with Gasteiger partial charge in [0.25, 0.3) is 0 Å². The topological polar surface area (TPSA) is 63.3 Å². The molecule has 0 saturated heterocycles. The third kappa shape index (κ3) is 2.43. The summed E-state index contributed by atoms with van der Waals surface area (Å²) in [6.45, 7) is 0. The minimum Gasteiger partial charge on any atom is -0.480 e. The lowest BCUT2D eigenvalue weighted by atomic mass is 10.1. The Morgan fingerprint density at radius 2 is 2.23 bits per heavy atom. The molecule has 0 spiro atoms. The first-order chi connectivity index (χ1) is 6.02. The maximum Gasteiger partial charge on any atom is 0.325 e. The normalized spacial score (nSPS) is 12.5. The second kappa shape index (κ2) is 4.09. The molecule has 0 radical (unpaired) electrons. The van der Waals surface area contributed by atoms with Gasteiger partial charge >= 0.3 is 5.97 Å². The van der Waals surface area contributed by atoms with Crippen molar-refractivity contribution in [1.29, 1.82) is 0 Å². The number of carboxylic acids is 1. The van der Waals surface area contributed by atoms with Crippen LogP contribution in [0.25, 0.3) is 0 Å². The molecule has 0 heterocycles. The number of carboxylic acid groups (broad SMARTS) is 1. The average Bonchev–Trinajstić information content (AvgIpc) is 2.08. The molecule has 5 heteroatoms. The van der Waals surface area contributed by atoms with Crippen LogP contribution in [0.2, 0.25) is 5.02 Å². The van der Waals surface area contributed by atoms with Crippen molar-refractivity contribution in [3.05, 3.63) is 33.3 Å². The van der Waals surface area contributed by atoms with Gasteiger partial charge in [-0.3, -0.25) is 4.79 Å². The van der Waals surface area contributed by atoms with E-state index in [9.17, 15) is 4.79 Å². The van der Waals surface area contributed by atoms with Crippen molar-refractivity contribution in [3.63, 3.8) is 0 Å². The minimum atomic E-state index is -1.08. The molecule has 0 fully saturated rings. The number of halogens is 2. The molecule has 0 aromatic heterocycles. The van der Waals surface area contributed by atoms with Crippen molar-refractivity contribution < 1.29 is 9.90 Å². The van der Waals surface area contributed by atoms with Gasteiger partial charge in [0.2, 0.25) is 0 Å². The van der Waals surface area contributed by atoms with E-state index in [2.05, 4.69) is 15.9 Å². The van der Waals surface area contributed by atoms with Crippen LogP contribution in [0.4, 0.5) is 0 Å². The summed E-state index contributed by atoms with van der Waals surface area (Å²) < 4.78 is 0.645. The van der Waals surface area contributed by atoms with Gasteiger partial charge in [0, 0.05) is 9.50 Å². The molecule has 0 unspecified atom stereocenters. The van der Waals surface area contributed by atoms with Gasteiger partial charge in [-0.1, -0.05) is 27.5 Å². The van der Waals surface area contributed by atoms with E-state index in [4.69, 9.17) is 22.4 Å². The van der Waals surface area contributed by atoms with E-state index in [1.807, 2.05) is 0 Å². The summed E-state index contributed by atoms with van der Waals surface area (Å²) in [6.07, 6.45) is 0. The number of hydrogen-bond acceptors (Lipinski definition) is 2. The highest BCUT2D eigenvalue weighted by Gasteiger charge is 2.17. The third-order valence-electron chi connectivity index (χ3n) is 1.56. The van der Waals surface area contributed by atoms with Crippen LogP contribution in [0.5, 0.6) is 0 Å². The number of rotatable bonds is 2. The zero-order valence-electron chi connectivity index (χ0n) is 6.50. The largest absolute Gasteiger partial charge is 0.480 e. The molecule has 1 rings (SSSR count). The van der Waals surface area contributed by atoms with Crippen LogP contribution < -0.4 is 5.73 Å². The highest BCUT2D eigenvalue weighted by molar-refractivity contribution is 9.10.